The van der Waals surface area contributed by atoms with Gasteiger partial charge in [-0.05, 0) is 23.0 Å². The van der Waals surface area contributed by atoms with Gasteiger partial charge in [0.15, 0.2) is 0 Å². The largest absolute Gasteiger partial charge is 0.349 e. The average molecular weight is 233 g/mol. The number of amides is 1. The minimum Gasteiger partial charge on any atom is -0.349 e. The van der Waals surface area contributed by atoms with Crippen LogP contribution in [0.5, 0.6) is 0 Å². The zero-order chi connectivity index (χ0) is 12.9. The van der Waals surface area contributed by atoms with Gasteiger partial charge >= 0.3 is 0 Å². The van der Waals surface area contributed by atoms with E-state index in [1.807, 2.05) is 12.1 Å². The minimum atomic E-state index is -0.437. The van der Waals surface area contributed by atoms with Crippen molar-refractivity contribution in [3.8, 4) is 0 Å². The molecule has 0 aromatic heterocycles. The van der Waals surface area contributed by atoms with Gasteiger partial charge in [-0.25, -0.2) is 0 Å². The van der Waals surface area contributed by atoms with Gasteiger partial charge in [0, 0.05) is 0 Å². The molecule has 1 unspecified atom stereocenters. The van der Waals surface area contributed by atoms with Crippen LogP contribution in [0.3, 0.4) is 0 Å². The molecule has 0 saturated heterocycles. The van der Waals surface area contributed by atoms with E-state index >= 15 is 0 Å². The first kappa shape index (κ1) is 13.4. The molecule has 1 rings (SSSR count). The van der Waals surface area contributed by atoms with Crippen molar-refractivity contribution in [3.63, 3.8) is 0 Å². The van der Waals surface area contributed by atoms with Gasteiger partial charge in [0.1, 0.15) is 6.29 Å². The van der Waals surface area contributed by atoms with E-state index in [4.69, 9.17) is 0 Å². The maximum Gasteiger partial charge on any atom is 0.207 e. The average Bonchev–Trinajstić information content (AvgIpc) is 2.28. The molecule has 0 spiro atoms. The van der Waals surface area contributed by atoms with Crippen LogP contribution >= 0.6 is 0 Å². The van der Waals surface area contributed by atoms with Crippen molar-refractivity contribution >= 4 is 12.7 Å². The molecule has 1 N–H and O–H groups in total. The lowest BCUT2D eigenvalue weighted by Gasteiger charge is -2.19. The molecule has 1 aromatic carbocycles. The van der Waals surface area contributed by atoms with Crippen LogP contribution in [0, 0.1) is 0 Å². The van der Waals surface area contributed by atoms with Crippen molar-refractivity contribution in [3.05, 3.63) is 35.4 Å². The Labute approximate surface area is 102 Å². The number of carbonyl (C=O) groups is 2. The standard InChI is InChI=1S/C14H19NO2/c1-14(2,3)12-6-4-11(5-7-12)8-13(9-16)15-10-17/h4-7,9-10,13H,8H2,1-3H3,(H,15,17). The molecule has 3 heteroatoms. The fourth-order valence-electron chi connectivity index (χ4n) is 1.63. The highest BCUT2D eigenvalue weighted by atomic mass is 16.1. The molecule has 0 saturated carbocycles. The van der Waals surface area contributed by atoms with Crippen LogP contribution in [-0.2, 0) is 21.4 Å². The lowest BCUT2D eigenvalue weighted by Crippen LogP contribution is -2.31. The first-order chi connectivity index (χ1) is 7.97. The summed E-state index contributed by atoms with van der Waals surface area (Å²) in [6, 6.07) is 7.71. The topological polar surface area (TPSA) is 46.2 Å². The summed E-state index contributed by atoms with van der Waals surface area (Å²) in [4.78, 5) is 21.0. The van der Waals surface area contributed by atoms with Crippen molar-refractivity contribution < 1.29 is 9.59 Å². The zero-order valence-electron chi connectivity index (χ0n) is 10.6. The number of nitrogens with one attached hydrogen (secondary N) is 1. The van der Waals surface area contributed by atoms with Crippen molar-refractivity contribution in [1.29, 1.82) is 0 Å². The molecule has 1 atom stereocenters. The van der Waals surface area contributed by atoms with Gasteiger partial charge in [0.25, 0.3) is 0 Å². The van der Waals surface area contributed by atoms with Gasteiger partial charge in [0.2, 0.25) is 6.41 Å². The molecule has 0 fully saturated rings. The van der Waals surface area contributed by atoms with Crippen LogP contribution in [0.1, 0.15) is 31.9 Å². The summed E-state index contributed by atoms with van der Waals surface area (Å²) in [5.74, 6) is 0. The van der Waals surface area contributed by atoms with Crippen molar-refractivity contribution in [2.75, 3.05) is 0 Å². The molecular weight excluding hydrogens is 214 g/mol. The third-order valence-electron chi connectivity index (χ3n) is 2.72. The lowest BCUT2D eigenvalue weighted by atomic mass is 9.86. The third kappa shape index (κ3) is 4.02. The van der Waals surface area contributed by atoms with Crippen LogP contribution in [0.2, 0.25) is 0 Å². The van der Waals surface area contributed by atoms with Gasteiger partial charge in [0.05, 0.1) is 6.04 Å². The molecule has 1 amide bonds. The highest BCUT2D eigenvalue weighted by Gasteiger charge is 2.13. The van der Waals surface area contributed by atoms with E-state index in [1.165, 1.54) is 5.56 Å². The Bertz CT molecular complexity index is 376. The fourth-order valence-corrected chi connectivity index (χ4v) is 1.63. The van der Waals surface area contributed by atoms with Crippen LogP contribution in [0.15, 0.2) is 24.3 Å². The van der Waals surface area contributed by atoms with Gasteiger partial charge in [-0.15, -0.1) is 0 Å². The molecular formula is C14H19NO2. The molecule has 0 heterocycles. The van der Waals surface area contributed by atoms with E-state index in [0.717, 1.165) is 11.8 Å². The van der Waals surface area contributed by atoms with Gasteiger partial charge in [-0.1, -0.05) is 45.0 Å². The zero-order valence-corrected chi connectivity index (χ0v) is 10.6. The number of hydrogen-bond donors (Lipinski definition) is 1. The molecule has 92 valence electrons. The predicted octanol–water partition coefficient (Wildman–Crippen LogP) is 1.84. The second-order valence-corrected chi connectivity index (χ2v) is 5.18. The predicted molar refractivity (Wildman–Crippen MR) is 67.9 cm³/mol. The van der Waals surface area contributed by atoms with E-state index in [1.54, 1.807) is 0 Å². The molecule has 0 bridgehead atoms. The first-order valence-corrected chi connectivity index (χ1v) is 5.72. The van der Waals surface area contributed by atoms with Crippen LogP contribution in [0.25, 0.3) is 0 Å². The molecule has 17 heavy (non-hydrogen) atoms. The maximum atomic E-state index is 10.7. The van der Waals surface area contributed by atoms with E-state index in [9.17, 15) is 9.59 Å². The normalized spacial score (nSPS) is 12.9. The van der Waals surface area contributed by atoms with Crippen molar-refractivity contribution in [2.45, 2.75) is 38.6 Å². The summed E-state index contributed by atoms with van der Waals surface area (Å²) in [6.07, 6.45) is 1.85. The Balaban J connectivity index is 2.74. The Kier molecular flexibility index (Phi) is 4.44. The number of rotatable bonds is 5. The van der Waals surface area contributed by atoms with Crippen LogP contribution < -0.4 is 5.32 Å². The van der Waals surface area contributed by atoms with Crippen LogP contribution in [-0.4, -0.2) is 18.7 Å². The monoisotopic (exact) mass is 233 g/mol. The van der Waals surface area contributed by atoms with Crippen molar-refractivity contribution in [2.24, 2.45) is 0 Å². The van der Waals surface area contributed by atoms with E-state index in [2.05, 4.69) is 38.2 Å². The smallest absolute Gasteiger partial charge is 0.207 e. The SMILES string of the molecule is CC(C)(C)c1ccc(CC(C=O)NC=O)cc1. The fraction of sp³-hybridized carbons (Fsp3) is 0.429. The summed E-state index contributed by atoms with van der Waals surface area (Å²) >= 11 is 0. The van der Waals surface area contributed by atoms with Gasteiger partial charge < -0.3 is 10.1 Å². The summed E-state index contributed by atoms with van der Waals surface area (Å²) in [5.41, 5.74) is 2.43. The molecule has 0 radical (unpaired) electrons. The van der Waals surface area contributed by atoms with Crippen LogP contribution in [0.4, 0.5) is 0 Å². The van der Waals surface area contributed by atoms with Crippen molar-refractivity contribution in [1.82, 2.24) is 5.32 Å². The van der Waals surface area contributed by atoms with Gasteiger partial charge in [-0.3, -0.25) is 4.79 Å². The molecule has 0 aliphatic rings. The summed E-state index contributed by atoms with van der Waals surface area (Å²) < 4.78 is 0. The lowest BCUT2D eigenvalue weighted by molar-refractivity contribution is -0.115. The summed E-state index contributed by atoms with van der Waals surface area (Å²) in [7, 11) is 0. The third-order valence-corrected chi connectivity index (χ3v) is 2.72. The Morgan fingerprint density at radius 3 is 2.18 bits per heavy atom. The molecule has 0 aliphatic carbocycles. The highest BCUT2D eigenvalue weighted by molar-refractivity contribution is 5.64. The first-order valence-electron chi connectivity index (χ1n) is 5.72. The second kappa shape index (κ2) is 5.62. The minimum absolute atomic E-state index is 0.129. The number of benzene rings is 1. The summed E-state index contributed by atoms with van der Waals surface area (Å²) in [6.45, 7) is 6.47. The maximum absolute atomic E-state index is 10.7. The molecule has 0 aliphatic heterocycles. The highest BCUT2D eigenvalue weighted by Crippen LogP contribution is 2.22. The summed E-state index contributed by atoms with van der Waals surface area (Å²) in [5, 5.41) is 2.48. The van der Waals surface area contributed by atoms with E-state index in [-0.39, 0.29) is 5.41 Å². The number of carbonyl (C=O) groups excluding carboxylic acids is 2. The molecule has 1 aromatic rings. The van der Waals surface area contributed by atoms with Gasteiger partial charge in [-0.2, -0.15) is 0 Å². The number of aldehydes is 1. The quantitative estimate of drug-likeness (QED) is 0.789. The Morgan fingerprint density at radius 1 is 1.18 bits per heavy atom. The Hall–Kier alpha value is -1.64. The molecule has 3 nitrogen and oxygen atoms in total. The Morgan fingerprint density at radius 2 is 1.76 bits per heavy atom. The van der Waals surface area contributed by atoms with E-state index < -0.39 is 6.04 Å². The van der Waals surface area contributed by atoms with E-state index in [0.29, 0.717) is 12.8 Å². The number of hydrogen-bond acceptors (Lipinski definition) is 2. The second-order valence-electron chi connectivity index (χ2n) is 5.18.